The standard InChI is InChI=1S/C28H27NO4S.C2H4Cl2.ClH/c30-21-8-4-20(5-9-21)28-26(24-13-10-22(31)18-25(24)34-28)27(32)19-6-11-23(12-7-19)33-17-16-29-14-2-1-3-15-29;3-1-2-4;/h4-13,18,30-31H,1-3,14-17H2;1-2H2;1H. The molecule has 1 fully saturated rings. The molecule has 0 amide bonds. The van der Waals surface area contributed by atoms with Crippen LogP contribution in [0.1, 0.15) is 35.2 Å². The maximum atomic E-state index is 13.6. The first-order chi connectivity index (χ1) is 18.5. The van der Waals surface area contributed by atoms with Gasteiger partial charge in [-0.15, -0.1) is 46.9 Å². The molecule has 1 saturated heterocycles. The average Bonchev–Trinajstić information content (AvgIpc) is 3.32. The lowest BCUT2D eigenvalue weighted by atomic mass is 9.97. The number of ketones is 1. The number of aromatic hydroxyl groups is 2. The van der Waals surface area contributed by atoms with Crippen LogP contribution in [0, 0.1) is 0 Å². The van der Waals surface area contributed by atoms with E-state index in [-0.39, 0.29) is 29.7 Å². The largest absolute Gasteiger partial charge is 0.508 e. The fourth-order valence-electron chi connectivity index (χ4n) is 4.45. The third-order valence-electron chi connectivity index (χ3n) is 6.34. The fourth-order valence-corrected chi connectivity index (χ4v) is 5.69. The van der Waals surface area contributed by atoms with Gasteiger partial charge in [0.1, 0.15) is 23.9 Å². The first-order valence-electron chi connectivity index (χ1n) is 12.7. The van der Waals surface area contributed by atoms with Gasteiger partial charge < -0.3 is 14.9 Å². The van der Waals surface area contributed by atoms with Crippen LogP contribution < -0.4 is 4.74 Å². The van der Waals surface area contributed by atoms with E-state index in [0.717, 1.165) is 45.9 Å². The number of likely N-dealkylation sites (tertiary alicyclic amines) is 1. The Labute approximate surface area is 249 Å². The molecular formula is C30H32Cl3NO4S. The van der Waals surface area contributed by atoms with Gasteiger partial charge in [0.15, 0.2) is 5.78 Å². The van der Waals surface area contributed by atoms with E-state index in [1.165, 1.54) is 30.6 Å². The first-order valence-corrected chi connectivity index (χ1v) is 14.6. The van der Waals surface area contributed by atoms with E-state index in [9.17, 15) is 15.0 Å². The number of carbonyl (C=O) groups is 1. The number of piperidine rings is 1. The van der Waals surface area contributed by atoms with Crippen molar-refractivity contribution in [3.8, 4) is 27.7 Å². The minimum atomic E-state index is -0.0834. The van der Waals surface area contributed by atoms with E-state index in [1.807, 2.05) is 24.3 Å². The highest BCUT2D eigenvalue weighted by Crippen LogP contribution is 2.41. The van der Waals surface area contributed by atoms with Gasteiger partial charge in [-0.3, -0.25) is 9.69 Å². The number of carbonyl (C=O) groups excluding carboxylic acids is 1. The SMILES string of the molecule is Cl.ClCCCl.O=C(c1ccc(OCCN2CCCCC2)cc1)c1c(-c2ccc(O)cc2)sc2cc(O)ccc12. The lowest BCUT2D eigenvalue weighted by Gasteiger charge is -2.26. The predicted octanol–water partition coefficient (Wildman–Crippen LogP) is 7.96. The molecule has 0 atom stereocenters. The summed E-state index contributed by atoms with van der Waals surface area (Å²) in [5.74, 6) is 2.12. The van der Waals surface area contributed by atoms with Crippen LogP contribution in [0.2, 0.25) is 0 Å². The van der Waals surface area contributed by atoms with Gasteiger partial charge in [0.2, 0.25) is 0 Å². The van der Waals surface area contributed by atoms with Crippen LogP contribution in [-0.4, -0.2) is 58.9 Å². The number of ether oxygens (including phenoxy) is 1. The summed E-state index contributed by atoms with van der Waals surface area (Å²) in [6, 6.07) is 19.2. The van der Waals surface area contributed by atoms with Crippen LogP contribution in [0.3, 0.4) is 0 Å². The van der Waals surface area contributed by atoms with Crippen molar-refractivity contribution >= 4 is 62.8 Å². The van der Waals surface area contributed by atoms with E-state index < -0.39 is 0 Å². The van der Waals surface area contributed by atoms with E-state index in [2.05, 4.69) is 4.90 Å². The highest BCUT2D eigenvalue weighted by atomic mass is 35.5. The molecule has 5 nitrogen and oxygen atoms in total. The van der Waals surface area contributed by atoms with Gasteiger partial charge in [-0.05, 0) is 98.2 Å². The highest BCUT2D eigenvalue weighted by Gasteiger charge is 2.22. The van der Waals surface area contributed by atoms with Crippen molar-refractivity contribution < 1.29 is 19.7 Å². The summed E-state index contributed by atoms with van der Waals surface area (Å²) in [4.78, 5) is 16.9. The summed E-state index contributed by atoms with van der Waals surface area (Å²) in [7, 11) is 0. The Bertz CT molecular complexity index is 1340. The van der Waals surface area contributed by atoms with Crippen molar-refractivity contribution in [2.75, 3.05) is 38.0 Å². The van der Waals surface area contributed by atoms with Crippen LogP contribution >= 0.6 is 46.9 Å². The van der Waals surface area contributed by atoms with Crippen molar-refractivity contribution in [3.05, 3.63) is 77.9 Å². The van der Waals surface area contributed by atoms with Crippen molar-refractivity contribution in [1.29, 1.82) is 0 Å². The molecule has 3 aromatic carbocycles. The molecule has 9 heteroatoms. The average molecular weight is 609 g/mol. The molecule has 1 aromatic heterocycles. The predicted molar refractivity (Wildman–Crippen MR) is 165 cm³/mol. The van der Waals surface area contributed by atoms with Gasteiger partial charge in [0, 0.05) is 44.4 Å². The van der Waals surface area contributed by atoms with E-state index in [1.54, 1.807) is 42.5 Å². The number of phenols is 2. The smallest absolute Gasteiger partial charge is 0.195 e. The van der Waals surface area contributed by atoms with Gasteiger partial charge in [-0.2, -0.15) is 0 Å². The molecule has 5 rings (SSSR count). The number of benzene rings is 3. The number of thiophene rings is 1. The van der Waals surface area contributed by atoms with Gasteiger partial charge in [0.05, 0.1) is 0 Å². The second-order valence-corrected chi connectivity index (χ2v) is 10.8. The number of alkyl halides is 2. The number of phenolic OH excluding ortho intramolecular Hbond substituents is 2. The lowest BCUT2D eigenvalue weighted by molar-refractivity contribution is 0.104. The van der Waals surface area contributed by atoms with Crippen LogP contribution in [0.15, 0.2) is 66.7 Å². The molecule has 2 heterocycles. The summed E-state index contributed by atoms with van der Waals surface area (Å²) >= 11 is 11.6. The summed E-state index contributed by atoms with van der Waals surface area (Å²) < 4.78 is 6.76. The van der Waals surface area contributed by atoms with Crippen LogP contribution in [0.5, 0.6) is 17.2 Å². The molecule has 0 radical (unpaired) electrons. The minimum Gasteiger partial charge on any atom is -0.508 e. The molecule has 0 saturated carbocycles. The van der Waals surface area contributed by atoms with Crippen molar-refractivity contribution in [1.82, 2.24) is 4.90 Å². The maximum absolute atomic E-state index is 13.6. The number of nitrogens with zero attached hydrogens (tertiary/aromatic N) is 1. The molecule has 4 aromatic rings. The quantitative estimate of drug-likeness (QED) is 0.157. The third kappa shape index (κ3) is 8.26. The van der Waals surface area contributed by atoms with E-state index >= 15 is 0 Å². The van der Waals surface area contributed by atoms with Gasteiger partial charge in [-0.25, -0.2) is 0 Å². The summed E-state index contributed by atoms with van der Waals surface area (Å²) in [6.45, 7) is 3.85. The topological polar surface area (TPSA) is 70.0 Å². The van der Waals surface area contributed by atoms with Gasteiger partial charge in [-0.1, -0.05) is 6.42 Å². The molecule has 0 aliphatic carbocycles. The van der Waals surface area contributed by atoms with Gasteiger partial charge >= 0.3 is 0 Å². The molecule has 1 aliphatic heterocycles. The summed E-state index contributed by atoms with van der Waals surface area (Å²) in [6.07, 6.45) is 3.85. The molecular weight excluding hydrogens is 577 g/mol. The summed E-state index contributed by atoms with van der Waals surface area (Å²) in [5.41, 5.74) is 2.03. The number of rotatable bonds is 8. The zero-order valence-electron chi connectivity index (χ0n) is 21.4. The van der Waals surface area contributed by atoms with Crippen molar-refractivity contribution in [2.24, 2.45) is 0 Å². The Morgan fingerprint density at radius 3 is 2.15 bits per heavy atom. The Kier molecular flexibility index (Phi) is 12.2. The number of hydrogen-bond acceptors (Lipinski definition) is 6. The number of halogens is 3. The Balaban J connectivity index is 0.000000788. The van der Waals surface area contributed by atoms with E-state index in [0.29, 0.717) is 29.5 Å². The second-order valence-electron chi connectivity index (χ2n) is 9.02. The molecule has 0 spiro atoms. The Morgan fingerprint density at radius 1 is 0.872 bits per heavy atom. The maximum Gasteiger partial charge on any atom is 0.195 e. The monoisotopic (exact) mass is 607 g/mol. The van der Waals surface area contributed by atoms with Crippen LogP contribution in [0.4, 0.5) is 0 Å². The minimum absolute atomic E-state index is 0. The lowest BCUT2D eigenvalue weighted by Crippen LogP contribution is -2.33. The van der Waals surface area contributed by atoms with Crippen LogP contribution in [0.25, 0.3) is 20.5 Å². The zero-order valence-corrected chi connectivity index (χ0v) is 24.6. The molecule has 0 bridgehead atoms. The number of hydrogen-bond donors (Lipinski definition) is 2. The Morgan fingerprint density at radius 2 is 1.51 bits per heavy atom. The highest BCUT2D eigenvalue weighted by molar-refractivity contribution is 7.22. The fraction of sp³-hybridized carbons (Fsp3) is 0.300. The van der Waals surface area contributed by atoms with Gasteiger partial charge in [0.25, 0.3) is 0 Å². The summed E-state index contributed by atoms with van der Waals surface area (Å²) in [5, 5.41) is 20.4. The van der Waals surface area contributed by atoms with Crippen molar-refractivity contribution in [2.45, 2.75) is 19.3 Å². The second kappa shape index (κ2) is 15.3. The van der Waals surface area contributed by atoms with Crippen LogP contribution in [-0.2, 0) is 0 Å². The molecule has 2 N–H and O–H groups in total. The van der Waals surface area contributed by atoms with Crippen molar-refractivity contribution in [3.63, 3.8) is 0 Å². The Hall–Kier alpha value is -2.48. The molecule has 1 aliphatic rings. The number of fused-ring (bicyclic) bond motifs is 1. The zero-order chi connectivity index (χ0) is 26.9. The molecule has 0 unspecified atom stereocenters. The first kappa shape index (κ1) is 31.1. The molecule has 208 valence electrons. The normalized spacial score (nSPS) is 13.3. The van der Waals surface area contributed by atoms with E-state index in [4.69, 9.17) is 27.9 Å². The third-order valence-corrected chi connectivity index (χ3v) is 8.12. The molecule has 39 heavy (non-hydrogen) atoms.